The Kier molecular flexibility index (Phi) is 16.2. The van der Waals surface area contributed by atoms with Gasteiger partial charge in [-0.1, -0.05) is 169 Å². The largest absolute Gasteiger partial charge is 0.363 e. The van der Waals surface area contributed by atoms with E-state index in [0.29, 0.717) is 6.67 Å². The lowest BCUT2D eigenvalue weighted by Crippen LogP contribution is -2.28. The predicted molar refractivity (Wildman–Crippen MR) is 257 cm³/mol. The average molecular weight is 785 g/mol. The summed E-state index contributed by atoms with van der Waals surface area (Å²) in [6, 6.07) is 52.3. The molecule has 1 N–H and O–H groups in total. The highest BCUT2D eigenvalue weighted by Crippen LogP contribution is 2.39. The molecule has 0 spiro atoms. The van der Waals surface area contributed by atoms with Gasteiger partial charge in [0.15, 0.2) is 0 Å². The molecule has 8 aromatic rings. The second kappa shape index (κ2) is 21.7. The number of aromatic nitrogens is 2. The van der Waals surface area contributed by atoms with Gasteiger partial charge in [0.2, 0.25) is 0 Å². The van der Waals surface area contributed by atoms with Crippen LogP contribution in [0.25, 0.3) is 49.3 Å². The minimum absolute atomic E-state index is 0.108. The van der Waals surface area contributed by atoms with Crippen LogP contribution in [0.2, 0.25) is 0 Å². The standard InChI is InChI=1S/C47H42N4S.3C2H6/c1-4-16-36(17-5-2)51-45-25-15-13-23-40(45)42-31-38(27-29-46(42)51)52-37-26-28-44-41(30-37)39-22-12-14-24-43(39)50(44)32-48-47(35-20-10-7-11-21-35)49-33(3)34-18-8-6-9-19-34;3*1-2/h4,6-31,33H,5,32H2,1-3H3,(H,48,49);3*1-2H3/b16-4-,36-17+;;;. The van der Waals surface area contributed by atoms with Crippen LogP contribution in [-0.2, 0) is 6.67 Å². The minimum atomic E-state index is 0.108. The Labute approximate surface area is 351 Å². The molecule has 8 rings (SSSR count). The number of allylic oxidation sites excluding steroid dienone is 4. The molecule has 5 heteroatoms. The van der Waals surface area contributed by atoms with E-state index in [1.807, 2.05) is 59.4 Å². The Morgan fingerprint density at radius 3 is 1.74 bits per heavy atom. The van der Waals surface area contributed by atoms with E-state index in [9.17, 15) is 0 Å². The third kappa shape index (κ3) is 9.49. The summed E-state index contributed by atoms with van der Waals surface area (Å²) in [7, 11) is 0. The van der Waals surface area contributed by atoms with Crippen LogP contribution in [0.5, 0.6) is 0 Å². The van der Waals surface area contributed by atoms with Gasteiger partial charge in [0.25, 0.3) is 0 Å². The molecule has 2 heterocycles. The van der Waals surface area contributed by atoms with Crippen molar-refractivity contribution in [1.82, 2.24) is 14.5 Å². The first-order chi connectivity index (χ1) is 28.6. The number of amidine groups is 1. The van der Waals surface area contributed by atoms with Crippen molar-refractivity contribution in [3.05, 3.63) is 175 Å². The van der Waals surface area contributed by atoms with Crippen molar-refractivity contribution in [2.45, 2.75) is 91.2 Å². The molecule has 0 saturated heterocycles. The van der Waals surface area contributed by atoms with E-state index in [0.717, 1.165) is 17.8 Å². The number of nitrogens with zero attached hydrogens (tertiary/aromatic N) is 3. The van der Waals surface area contributed by atoms with Gasteiger partial charge in [-0.25, -0.2) is 4.99 Å². The molecule has 0 aliphatic heterocycles. The molecule has 0 radical (unpaired) electrons. The molecule has 4 nitrogen and oxygen atoms in total. The van der Waals surface area contributed by atoms with Crippen molar-refractivity contribution in [2.24, 2.45) is 4.99 Å². The molecule has 0 aliphatic rings. The molecule has 298 valence electrons. The Bertz CT molecular complexity index is 2610. The van der Waals surface area contributed by atoms with Gasteiger partial charge in [-0.05, 0) is 80.4 Å². The predicted octanol–water partition coefficient (Wildman–Crippen LogP) is 15.7. The second-order valence-electron chi connectivity index (χ2n) is 13.1. The fourth-order valence-corrected chi connectivity index (χ4v) is 8.18. The monoisotopic (exact) mass is 784 g/mol. The number of aliphatic imine (C=N–C) groups is 1. The van der Waals surface area contributed by atoms with Crippen LogP contribution in [0.1, 0.15) is 85.9 Å². The number of hydrogen-bond donors (Lipinski definition) is 1. The summed E-state index contributed by atoms with van der Waals surface area (Å²) in [4.78, 5) is 7.67. The smallest absolute Gasteiger partial charge is 0.130 e. The zero-order chi connectivity index (χ0) is 41.4. The molecular formula is C53H60N4S. The van der Waals surface area contributed by atoms with Crippen LogP contribution in [0, 0.1) is 0 Å². The van der Waals surface area contributed by atoms with E-state index in [-0.39, 0.29) is 6.04 Å². The van der Waals surface area contributed by atoms with Crippen LogP contribution >= 0.6 is 11.8 Å². The van der Waals surface area contributed by atoms with E-state index in [2.05, 4.69) is 193 Å². The lowest BCUT2D eigenvalue weighted by Gasteiger charge is -2.18. The lowest BCUT2D eigenvalue weighted by atomic mass is 10.1. The van der Waals surface area contributed by atoms with Crippen molar-refractivity contribution in [1.29, 1.82) is 0 Å². The van der Waals surface area contributed by atoms with Gasteiger partial charge in [0, 0.05) is 48.6 Å². The molecule has 0 amide bonds. The Morgan fingerprint density at radius 2 is 1.12 bits per heavy atom. The summed E-state index contributed by atoms with van der Waals surface area (Å²) in [5.74, 6) is 0.884. The fraction of sp³-hybridized carbons (Fsp3) is 0.226. The summed E-state index contributed by atoms with van der Waals surface area (Å²) in [6.07, 6.45) is 7.61. The van der Waals surface area contributed by atoms with Crippen molar-refractivity contribution >= 4 is 66.9 Å². The van der Waals surface area contributed by atoms with Crippen LogP contribution in [0.3, 0.4) is 0 Å². The van der Waals surface area contributed by atoms with E-state index < -0.39 is 0 Å². The SMILES string of the molecule is C/C=C\C(=C/CC)n1c2ccccc2c2cc(Sc3ccc4c(c3)c3ccccc3n4C/N=C(\NC(C)c3ccccc3)c3ccccc3)ccc21.CC.CC.CC. The van der Waals surface area contributed by atoms with Gasteiger partial charge in [-0.15, -0.1) is 0 Å². The van der Waals surface area contributed by atoms with Crippen LogP contribution in [0.4, 0.5) is 0 Å². The third-order valence-electron chi connectivity index (χ3n) is 9.70. The zero-order valence-corrected chi connectivity index (χ0v) is 36.6. The topological polar surface area (TPSA) is 34.2 Å². The first-order valence-electron chi connectivity index (χ1n) is 21.1. The van der Waals surface area contributed by atoms with Gasteiger partial charge in [0.05, 0.1) is 22.1 Å². The minimum Gasteiger partial charge on any atom is -0.363 e. The molecule has 0 fully saturated rings. The van der Waals surface area contributed by atoms with Crippen LogP contribution in [0.15, 0.2) is 179 Å². The number of nitrogens with one attached hydrogen (secondary N) is 1. The molecule has 0 aliphatic carbocycles. The van der Waals surface area contributed by atoms with Gasteiger partial charge >= 0.3 is 0 Å². The Hall–Kier alpha value is -5.78. The number of rotatable bonds is 10. The molecule has 0 saturated carbocycles. The first-order valence-corrected chi connectivity index (χ1v) is 21.9. The summed E-state index contributed by atoms with van der Waals surface area (Å²) in [6.45, 7) is 19.0. The van der Waals surface area contributed by atoms with Crippen molar-refractivity contribution in [3.8, 4) is 0 Å². The maximum absolute atomic E-state index is 5.24. The van der Waals surface area contributed by atoms with E-state index in [1.165, 1.54) is 64.7 Å². The van der Waals surface area contributed by atoms with Crippen molar-refractivity contribution in [2.75, 3.05) is 0 Å². The highest BCUT2D eigenvalue weighted by atomic mass is 32.2. The zero-order valence-electron chi connectivity index (χ0n) is 35.8. The summed E-state index contributed by atoms with van der Waals surface area (Å²) < 4.78 is 4.73. The van der Waals surface area contributed by atoms with Crippen molar-refractivity contribution < 1.29 is 0 Å². The molecular weight excluding hydrogens is 725 g/mol. The Morgan fingerprint density at radius 1 is 0.621 bits per heavy atom. The Balaban J connectivity index is 0.00000102. The number of benzene rings is 6. The van der Waals surface area contributed by atoms with E-state index in [4.69, 9.17) is 4.99 Å². The first kappa shape index (κ1) is 43.3. The quantitative estimate of drug-likeness (QED) is 0.0851. The molecule has 1 atom stereocenters. The molecule has 6 aromatic carbocycles. The third-order valence-corrected chi connectivity index (χ3v) is 10.7. The summed E-state index contributed by atoms with van der Waals surface area (Å²) in [5, 5.41) is 8.73. The van der Waals surface area contributed by atoms with Crippen LogP contribution < -0.4 is 5.32 Å². The van der Waals surface area contributed by atoms with Gasteiger partial charge in [-0.3, -0.25) is 0 Å². The maximum atomic E-state index is 5.24. The van der Waals surface area contributed by atoms with Gasteiger partial charge < -0.3 is 14.5 Å². The number of para-hydroxylation sites is 2. The molecule has 2 aromatic heterocycles. The molecule has 0 bridgehead atoms. The molecule has 1 unspecified atom stereocenters. The lowest BCUT2D eigenvalue weighted by molar-refractivity contribution is 0.702. The van der Waals surface area contributed by atoms with Crippen molar-refractivity contribution in [3.63, 3.8) is 0 Å². The average Bonchev–Trinajstić information content (AvgIpc) is 3.79. The maximum Gasteiger partial charge on any atom is 0.130 e. The normalized spacial score (nSPS) is 12.2. The summed E-state index contributed by atoms with van der Waals surface area (Å²) >= 11 is 1.82. The number of hydrogen-bond acceptors (Lipinski definition) is 2. The molecule has 58 heavy (non-hydrogen) atoms. The fourth-order valence-electron chi connectivity index (χ4n) is 7.28. The highest BCUT2D eigenvalue weighted by Gasteiger charge is 2.16. The highest BCUT2D eigenvalue weighted by molar-refractivity contribution is 7.99. The van der Waals surface area contributed by atoms with Gasteiger partial charge in [-0.2, -0.15) is 0 Å². The van der Waals surface area contributed by atoms with Crippen LogP contribution in [-0.4, -0.2) is 15.0 Å². The number of fused-ring (bicyclic) bond motifs is 6. The van der Waals surface area contributed by atoms with Gasteiger partial charge in [0.1, 0.15) is 12.5 Å². The van der Waals surface area contributed by atoms with E-state index >= 15 is 0 Å². The summed E-state index contributed by atoms with van der Waals surface area (Å²) in [5.41, 5.74) is 8.32. The second-order valence-corrected chi connectivity index (χ2v) is 14.2. The van der Waals surface area contributed by atoms with E-state index in [1.54, 1.807) is 0 Å².